The monoisotopic (exact) mass is 342 g/mol. The second-order valence-corrected chi connectivity index (χ2v) is 8.11. The zero-order valence-corrected chi connectivity index (χ0v) is 13.2. The Morgan fingerprint density at radius 3 is 2.63 bits per heavy atom. The van der Waals surface area contributed by atoms with E-state index < -0.39 is 0 Å². The summed E-state index contributed by atoms with van der Waals surface area (Å²) in [6.07, 6.45) is 5.84. The van der Waals surface area contributed by atoms with Gasteiger partial charge in [0.15, 0.2) is 0 Å². The van der Waals surface area contributed by atoms with E-state index in [1.165, 1.54) is 19.3 Å². The van der Waals surface area contributed by atoms with Crippen molar-refractivity contribution in [1.82, 2.24) is 5.32 Å². The fourth-order valence-electron chi connectivity index (χ4n) is 3.69. The summed E-state index contributed by atoms with van der Waals surface area (Å²) >= 11 is 4.96. The van der Waals surface area contributed by atoms with Gasteiger partial charge in [-0.1, -0.05) is 6.42 Å². The summed E-state index contributed by atoms with van der Waals surface area (Å²) in [6.45, 7) is 0. The predicted molar refractivity (Wildman–Crippen MR) is 81.3 cm³/mol. The van der Waals surface area contributed by atoms with Crippen molar-refractivity contribution in [1.29, 1.82) is 0 Å². The van der Waals surface area contributed by atoms with Gasteiger partial charge >= 0.3 is 0 Å². The normalized spacial score (nSPS) is 34.0. The van der Waals surface area contributed by atoms with Gasteiger partial charge in [-0.25, -0.2) is 0 Å². The van der Waals surface area contributed by atoms with Gasteiger partial charge in [0.25, 0.3) is 5.91 Å². The minimum atomic E-state index is 0.0688. The fraction of sp³-hybridized carbons (Fsp3) is 0.643. The molecule has 2 aliphatic carbocycles. The maximum absolute atomic E-state index is 12.3. The predicted octanol–water partition coefficient (Wildman–Crippen LogP) is 3.15. The molecule has 3 rings (SSSR count). The average Bonchev–Trinajstić information content (AvgIpc) is 2.77. The quantitative estimate of drug-likeness (QED) is 0.867. The average molecular weight is 343 g/mol. The largest absolute Gasteiger partial charge is 0.349 e. The lowest BCUT2D eigenvalue weighted by atomic mass is 9.67. The van der Waals surface area contributed by atoms with E-state index in [0.717, 1.165) is 22.2 Å². The lowest BCUT2D eigenvalue weighted by molar-refractivity contribution is 0.0756. The summed E-state index contributed by atoms with van der Waals surface area (Å²) in [7, 11) is 0. The molecule has 1 aromatic heterocycles. The Morgan fingerprint density at radius 1 is 1.37 bits per heavy atom. The highest BCUT2D eigenvalue weighted by Crippen LogP contribution is 2.39. The minimum absolute atomic E-state index is 0.0688. The van der Waals surface area contributed by atoms with Crippen LogP contribution in [0.1, 0.15) is 42.5 Å². The molecule has 1 aromatic rings. The van der Waals surface area contributed by atoms with Crippen molar-refractivity contribution in [2.75, 3.05) is 0 Å². The molecule has 1 amide bonds. The molecule has 2 atom stereocenters. The summed E-state index contributed by atoms with van der Waals surface area (Å²) < 4.78 is 1.00. The molecule has 1 heterocycles. The molecular weight excluding hydrogens is 324 g/mol. The van der Waals surface area contributed by atoms with Crippen molar-refractivity contribution in [3.8, 4) is 0 Å². The first-order chi connectivity index (χ1) is 9.13. The van der Waals surface area contributed by atoms with Crippen LogP contribution in [-0.2, 0) is 0 Å². The first-order valence-electron chi connectivity index (χ1n) is 6.94. The molecule has 2 saturated carbocycles. The molecule has 2 aliphatic rings. The molecule has 2 fully saturated rings. The van der Waals surface area contributed by atoms with Gasteiger partial charge in [-0.05, 0) is 59.5 Å². The highest BCUT2D eigenvalue weighted by atomic mass is 79.9. The molecule has 19 heavy (non-hydrogen) atoms. The standard InChI is InChI=1S/C14H19BrN2OS/c15-12-6-10(7-19-12)14(18)17-13-8-2-1-3-9(13)5-11(16)4-8/h6-9,11,13H,1-5,16H2,(H,17,18). The van der Waals surface area contributed by atoms with Gasteiger partial charge in [0, 0.05) is 17.5 Å². The van der Waals surface area contributed by atoms with Crippen LogP contribution in [0.2, 0.25) is 0 Å². The van der Waals surface area contributed by atoms with Crippen molar-refractivity contribution in [2.24, 2.45) is 17.6 Å². The molecule has 5 heteroatoms. The minimum Gasteiger partial charge on any atom is -0.349 e. The number of rotatable bonds is 2. The molecule has 104 valence electrons. The van der Waals surface area contributed by atoms with Crippen LogP contribution in [0.3, 0.4) is 0 Å². The summed E-state index contributed by atoms with van der Waals surface area (Å²) in [5, 5.41) is 5.17. The van der Waals surface area contributed by atoms with Gasteiger partial charge < -0.3 is 11.1 Å². The zero-order valence-electron chi connectivity index (χ0n) is 10.8. The summed E-state index contributed by atoms with van der Waals surface area (Å²) in [5.41, 5.74) is 6.88. The number of thiophene rings is 1. The Hall–Kier alpha value is -0.390. The van der Waals surface area contributed by atoms with Gasteiger partial charge in [0.1, 0.15) is 0 Å². The molecule has 3 nitrogen and oxygen atoms in total. The number of halogens is 1. The third-order valence-corrected chi connectivity index (χ3v) is 6.01. The Labute approximate surface area is 126 Å². The van der Waals surface area contributed by atoms with E-state index in [0.29, 0.717) is 23.9 Å². The molecule has 0 spiro atoms. The first-order valence-corrected chi connectivity index (χ1v) is 8.61. The Morgan fingerprint density at radius 2 is 2.05 bits per heavy atom. The van der Waals surface area contributed by atoms with Crippen LogP contribution in [-0.4, -0.2) is 18.0 Å². The van der Waals surface area contributed by atoms with E-state index in [4.69, 9.17) is 5.73 Å². The van der Waals surface area contributed by atoms with E-state index in [9.17, 15) is 4.79 Å². The van der Waals surface area contributed by atoms with Crippen LogP contribution >= 0.6 is 27.3 Å². The Balaban J connectivity index is 1.70. The smallest absolute Gasteiger partial charge is 0.252 e. The molecule has 0 saturated heterocycles. The van der Waals surface area contributed by atoms with Gasteiger partial charge in [-0.3, -0.25) is 4.79 Å². The van der Waals surface area contributed by atoms with Gasteiger partial charge in [-0.15, -0.1) is 11.3 Å². The number of hydrogen-bond donors (Lipinski definition) is 2. The molecule has 0 aromatic carbocycles. The van der Waals surface area contributed by atoms with Crippen LogP contribution in [0.4, 0.5) is 0 Å². The molecule has 2 unspecified atom stereocenters. The van der Waals surface area contributed by atoms with Gasteiger partial charge in [-0.2, -0.15) is 0 Å². The van der Waals surface area contributed by atoms with Gasteiger partial charge in [0.05, 0.1) is 9.35 Å². The van der Waals surface area contributed by atoms with Crippen LogP contribution in [0.15, 0.2) is 15.2 Å². The lowest BCUT2D eigenvalue weighted by Gasteiger charge is -2.45. The zero-order chi connectivity index (χ0) is 13.4. The molecule has 3 N–H and O–H groups in total. The summed E-state index contributed by atoms with van der Waals surface area (Å²) in [5.74, 6) is 1.22. The fourth-order valence-corrected chi connectivity index (χ4v) is 4.83. The topological polar surface area (TPSA) is 55.1 Å². The number of nitrogens with one attached hydrogen (secondary N) is 1. The van der Waals surface area contributed by atoms with E-state index >= 15 is 0 Å². The van der Waals surface area contributed by atoms with E-state index in [1.807, 2.05) is 11.4 Å². The maximum atomic E-state index is 12.3. The van der Waals surface area contributed by atoms with E-state index in [1.54, 1.807) is 11.3 Å². The van der Waals surface area contributed by atoms with Crippen molar-refractivity contribution in [3.63, 3.8) is 0 Å². The van der Waals surface area contributed by atoms with Crippen LogP contribution < -0.4 is 11.1 Å². The third kappa shape index (κ3) is 2.88. The Kier molecular flexibility index (Phi) is 3.96. The SMILES string of the molecule is NC1CC2CCCC(C1)C2NC(=O)c1csc(Br)c1. The number of amides is 1. The molecule has 0 aliphatic heterocycles. The first kappa shape index (κ1) is 13.6. The third-order valence-electron chi connectivity index (χ3n) is 4.50. The highest BCUT2D eigenvalue weighted by molar-refractivity contribution is 9.11. The maximum Gasteiger partial charge on any atom is 0.252 e. The number of carbonyl (C=O) groups excluding carboxylic acids is 1. The number of fused-ring (bicyclic) bond motifs is 2. The molecule has 2 bridgehead atoms. The number of nitrogens with two attached hydrogens (primary N) is 1. The summed E-state index contributed by atoms with van der Waals surface area (Å²) in [6, 6.07) is 2.56. The summed E-state index contributed by atoms with van der Waals surface area (Å²) in [4.78, 5) is 12.3. The number of hydrogen-bond acceptors (Lipinski definition) is 3. The van der Waals surface area contributed by atoms with E-state index in [2.05, 4.69) is 21.2 Å². The molecular formula is C14H19BrN2OS. The van der Waals surface area contributed by atoms with Crippen LogP contribution in [0.5, 0.6) is 0 Å². The van der Waals surface area contributed by atoms with Crippen molar-refractivity contribution >= 4 is 33.2 Å². The second-order valence-electron chi connectivity index (χ2n) is 5.82. The Bertz CT molecular complexity index is 462. The lowest BCUT2D eigenvalue weighted by Crippen LogP contribution is -2.53. The molecule has 0 radical (unpaired) electrons. The van der Waals surface area contributed by atoms with Crippen molar-refractivity contribution < 1.29 is 4.79 Å². The van der Waals surface area contributed by atoms with Gasteiger partial charge in [0.2, 0.25) is 0 Å². The van der Waals surface area contributed by atoms with Crippen molar-refractivity contribution in [3.05, 3.63) is 20.8 Å². The number of carbonyl (C=O) groups is 1. The van der Waals surface area contributed by atoms with Crippen LogP contribution in [0, 0.1) is 11.8 Å². The second kappa shape index (κ2) is 5.54. The highest BCUT2D eigenvalue weighted by Gasteiger charge is 2.39. The van der Waals surface area contributed by atoms with E-state index in [-0.39, 0.29) is 5.91 Å². The van der Waals surface area contributed by atoms with Crippen LogP contribution in [0.25, 0.3) is 0 Å². The van der Waals surface area contributed by atoms with Crippen molar-refractivity contribution in [2.45, 2.75) is 44.2 Å².